The summed E-state index contributed by atoms with van der Waals surface area (Å²) < 4.78 is 42.5. The Hall–Kier alpha value is -2.69. The second-order valence-electron chi connectivity index (χ2n) is 7.99. The number of likely N-dealkylation sites (N-methyl/N-ethyl adjacent to an activating group) is 1. The predicted molar refractivity (Wildman–Crippen MR) is 109 cm³/mol. The van der Waals surface area contributed by atoms with Gasteiger partial charge in [-0.1, -0.05) is 13.8 Å². The Morgan fingerprint density at radius 2 is 2.00 bits per heavy atom. The van der Waals surface area contributed by atoms with E-state index in [0.29, 0.717) is 35.9 Å². The third-order valence-corrected chi connectivity index (χ3v) is 5.07. The molecule has 0 radical (unpaired) electrons. The number of amides is 1. The predicted octanol–water partition coefficient (Wildman–Crippen LogP) is 2.76. The van der Waals surface area contributed by atoms with Crippen molar-refractivity contribution in [2.75, 3.05) is 30.5 Å². The average Bonchev–Trinajstić information content (AvgIpc) is 3.11. The van der Waals surface area contributed by atoms with Crippen LogP contribution in [0.2, 0.25) is 0 Å². The van der Waals surface area contributed by atoms with Crippen LogP contribution >= 0.6 is 0 Å². The smallest absolute Gasteiger partial charge is 0.370 e. The summed E-state index contributed by atoms with van der Waals surface area (Å²) in [5, 5.41) is 7.09. The van der Waals surface area contributed by atoms with Gasteiger partial charge in [-0.15, -0.1) is 0 Å². The lowest BCUT2D eigenvalue weighted by molar-refractivity contribution is -0.174. The quantitative estimate of drug-likeness (QED) is 0.636. The molecular weight excluding hydrogens is 413 g/mol. The first kappa shape index (κ1) is 23.0. The molecule has 170 valence electrons. The van der Waals surface area contributed by atoms with Crippen molar-refractivity contribution in [1.29, 1.82) is 0 Å². The molecule has 3 heterocycles. The molecule has 0 spiro atoms. The van der Waals surface area contributed by atoms with Gasteiger partial charge in [0, 0.05) is 19.7 Å². The fourth-order valence-corrected chi connectivity index (χ4v) is 3.64. The van der Waals surface area contributed by atoms with E-state index < -0.39 is 12.8 Å². The first-order valence-corrected chi connectivity index (χ1v) is 10.1. The number of carbonyl (C=O) groups excluding carboxylic acids is 1. The number of anilines is 2. The molecule has 1 aliphatic heterocycles. The molecule has 8 nitrogen and oxygen atoms in total. The van der Waals surface area contributed by atoms with E-state index in [1.54, 1.807) is 17.1 Å². The maximum atomic E-state index is 12.4. The van der Waals surface area contributed by atoms with Gasteiger partial charge in [0.15, 0.2) is 5.82 Å². The molecule has 0 saturated carbocycles. The molecule has 0 bridgehead atoms. The first-order valence-electron chi connectivity index (χ1n) is 10.1. The van der Waals surface area contributed by atoms with Gasteiger partial charge in [0.2, 0.25) is 5.91 Å². The van der Waals surface area contributed by atoms with Crippen LogP contribution in [-0.2, 0) is 28.9 Å². The lowest BCUT2D eigenvalue weighted by atomic mass is 9.99. The van der Waals surface area contributed by atoms with Crippen LogP contribution in [0.3, 0.4) is 0 Å². The minimum absolute atomic E-state index is 0.0592. The van der Waals surface area contributed by atoms with Gasteiger partial charge in [-0.2, -0.15) is 18.3 Å². The maximum Gasteiger partial charge on any atom is 0.411 e. The summed E-state index contributed by atoms with van der Waals surface area (Å²) >= 11 is 0. The third-order valence-electron chi connectivity index (χ3n) is 5.07. The highest BCUT2D eigenvalue weighted by Gasteiger charge is 2.35. The van der Waals surface area contributed by atoms with Crippen molar-refractivity contribution in [3.63, 3.8) is 0 Å². The summed E-state index contributed by atoms with van der Waals surface area (Å²) in [7, 11) is 1.86. The minimum atomic E-state index is -4.33. The fraction of sp³-hybridized carbons (Fsp3) is 0.600. The van der Waals surface area contributed by atoms with Crippen LogP contribution in [0.4, 0.5) is 24.7 Å². The van der Waals surface area contributed by atoms with Crippen molar-refractivity contribution in [3.8, 4) is 0 Å². The lowest BCUT2D eigenvalue weighted by Gasteiger charge is -2.36. The number of carbonyl (C=O) groups is 1. The number of rotatable bonds is 8. The number of hydrogen-bond acceptors (Lipinski definition) is 6. The van der Waals surface area contributed by atoms with Crippen LogP contribution in [0.25, 0.3) is 0 Å². The molecule has 1 N–H and O–H groups in total. The van der Waals surface area contributed by atoms with Crippen molar-refractivity contribution < 1.29 is 22.7 Å². The molecule has 1 aliphatic rings. The number of ether oxygens (including phenoxy) is 1. The van der Waals surface area contributed by atoms with Crippen molar-refractivity contribution in [2.24, 2.45) is 5.92 Å². The summed E-state index contributed by atoms with van der Waals surface area (Å²) in [4.78, 5) is 23.5. The van der Waals surface area contributed by atoms with Crippen LogP contribution in [-0.4, -0.2) is 58.1 Å². The zero-order valence-electron chi connectivity index (χ0n) is 18.0. The standard InChI is InChI=1S/C20H27F3N6O2/c1-12(2)17-19(30)27-16-13(3)25-15(26-18(16)28(17)4)6-5-14-9-24-29(10-14)7-8-31-11-20(21,22)23/h9-10,12,17H,5-8,11H2,1-4H3,(H,27,30)/t17-/m0/s1. The van der Waals surface area contributed by atoms with Gasteiger partial charge in [0.05, 0.1) is 25.0 Å². The SMILES string of the molecule is Cc1nc(CCc2cnn(CCOCC(F)(F)F)c2)nc2c1NC(=O)[C@H](C(C)C)N2C. The zero-order chi connectivity index (χ0) is 22.8. The second-order valence-corrected chi connectivity index (χ2v) is 7.99. The van der Waals surface area contributed by atoms with E-state index in [0.717, 1.165) is 5.56 Å². The Morgan fingerprint density at radius 3 is 2.68 bits per heavy atom. The van der Waals surface area contributed by atoms with E-state index in [2.05, 4.69) is 25.1 Å². The van der Waals surface area contributed by atoms with Gasteiger partial charge in [-0.3, -0.25) is 9.48 Å². The third kappa shape index (κ3) is 5.72. The molecule has 0 aliphatic carbocycles. The highest BCUT2D eigenvalue weighted by atomic mass is 19.4. The summed E-state index contributed by atoms with van der Waals surface area (Å²) in [6, 6.07) is -0.299. The summed E-state index contributed by atoms with van der Waals surface area (Å²) in [5.74, 6) is 1.43. The van der Waals surface area contributed by atoms with Crippen molar-refractivity contribution in [2.45, 2.75) is 52.4 Å². The van der Waals surface area contributed by atoms with E-state index >= 15 is 0 Å². The fourth-order valence-electron chi connectivity index (χ4n) is 3.64. The Bertz CT molecular complexity index is 928. The molecule has 0 saturated heterocycles. The molecule has 0 unspecified atom stereocenters. The molecule has 0 fully saturated rings. The van der Waals surface area contributed by atoms with Crippen LogP contribution in [0, 0.1) is 12.8 Å². The van der Waals surface area contributed by atoms with Gasteiger partial charge in [0.1, 0.15) is 24.2 Å². The maximum absolute atomic E-state index is 12.4. The molecule has 0 aromatic carbocycles. The topological polar surface area (TPSA) is 85.2 Å². The number of nitrogens with one attached hydrogen (secondary N) is 1. The average molecular weight is 440 g/mol. The van der Waals surface area contributed by atoms with Gasteiger partial charge in [0.25, 0.3) is 0 Å². The number of aryl methyl sites for hydroxylation is 3. The van der Waals surface area contributed by atoms with E-state index in [-0.39, 0.29) is 31.0 Å². The van der Waals surface area contributed by atoms with E-state index in [1.165, 1.54) is 0 Å². The van der Waals surface area contributed by atoms with Gasteiger partial charge in [-0.25, -0.2) is 9.97 Å². The van der Waals surface area contributed by atoms with Crippen LogP contribution < -0.4 is 10.2 Å². The van der Waals surface area contributed by atoms with Gasteiger partial charge in [-0.05, 0) is 24.8 Å². The number of hydrogen-bond donors (Lipinski definition) is 1. The monoisotopic (exact) mass is 440 g/mol. The lowest BCUT2D eigenvalue weighted by Crippen LogP contribution is -2.49. The van der Waals surface area contributed by atoms with Crippen molar-refractivity contribution in [3.05, 3.63) is 29.5 Å². The summed E-state index contributed by atoms with van der Waals surface area (Å²) in [6.45, 7) is 4.74. The number of alkyl halides is 3. The Labute approximate surface area is 178 Å². The molecule has 1 atom stereocenters. The second kappa shape index (κ2) is 9.21. The minimum Gasteiger partial charge on any atom is -0.370 e. The molecule has 1 amide bonds. The molecule has 2 aromatic rings. The van der Waals surface area contributed by atoms with Crippen LogP contribution in [0.1, 0.15) is 30.9 Å². The normalized spacial score (nSPS) is 16.6. The molecule has 2 aromatic heterocycles. The van der Waals surface area contributed by atoms with Crippen LogP contribution in [0.5, 0.6) is 0 Å². The van der Waals surface area contributed by atoms with Crippen molar-refractivity contribution >= 4 is 17.4 Å². The molecule has 11 heteroatoms. The van der Waals surface area contributed by atoms with E-state index in [9.17, 15) is 18.0 Å². The molecule has 3 rings (SSSR count). The van der Waals surface area contributed by atoms with E-state index in [4.69, 9.17) is 0 Å². The van der Waals surface area contributed by atoms with Gasteiger partial charge >= 0.3 is 6.18 Å². The highest BCUT2D eigenvalue weighted by molar-refractivity contribution is 6.03. The Balaban J connectivity index is 1.61. The number of halogens is 3. The largest absolute Gasteiger partial charge is 0.411 e. The highest BCUT2D eigenvalue weighted by Crippen LogP contribution is 2.33. The number of fused-ring (bicyclic) bond motifs is 1. The number of nitrogens with zero attached hydrogens (tertiary/aromatic N) is 5. The summed E-state index contributed by atoms with van der Waals surface area (Å²) in [5.41, 5.74) is 2.27. The zero-order valence-corrected chi connectivity index (χ0v) is 18.0. The Kier molecular flexibility index (Phi) is 6.83. The Morgan fingerprint density at radius 1 is 1.26 bits per heavy atom. The van der Waals surface area contributed by atoms with Gasteiger partial charge < -0.3 is 15.0 Å². The summed E-state index contributed by atoms with van der Waals surface area (Å²) in [6.07, 6.45) is 0.331. The first-order chi connectivity index (χ1) is 14.5. The van der Waals surface area contributed by atoms with Crippen molar-refractivity contribution in [1.82, 2.24) is 19.7 Å². The molecule has 31 heavy (non-hydrogen) atoms. The van der Waals surface area contributed by atoms with Crippen LogP contribution in [0.15, 0.2) is 12.4 Å². The molecular formula is C20H27F3N6O2. The van der Waals surface area contributed by atoms with E-state index in [1.807, 2.05) is 32.7 Å². The number of aromatic nitrogens is 4.